The number of anilines is 2. The number of thiocarbonyl (C=S) groups is 1. The number of alkyl halides is 3. The molecule has 1 aliphatic heterocycles. The zero-order chi connectivity index (χ0) is 31.8. The number of nitrogens with one attached hydrogen (secondary N) is 1. The van der Waals surface area contributed by atoms with E-state index in [2.05, 4.69) is 5.32 Å². The minimum absolute atomic E-state index is 0.00835. The van der Waals surface area contributed by atoms with Gasteiger partial charge in [0.25, 0.3) is 5.91 Å². The zero-order valence-corrected chi connectivity index (χ0v) is 24.4. The number of ether oxygens (including phenoxy) is 2. The lowest BCUT2D eigenvalue weighted by Gasteiger charge is -2.29. The molecule has 2 aromatic carbocycles. The molecule has 0 spiro atoms. The van der Waals surface area contributed by atoms with Crippen LogP contribution >= 0.6 is 12.2 Å². The van der Waals surface area contributed by atoms with Crippen molar-refractivity contribution in [2.75, 3.05) is 42.8 Å². The van der Waals surface area contributed by atoms with Gasteiger partial charge in [-0.15, -0.1) is 0 Å². The summed E-state index contributed by atoms with van der Waals surface area (Å²) >= 11 is 5.56. The first kappa shape index (κ1) is 33.4. The molecule has 1 aliphatic rings. The fourth-order valence-electron chi connectivity index (χ4n) is 4.45. The molecule has 1 fully saturated rings. The van der Waals surface area contributed by atoms with Gasteiger partial charge in [-0.25, -0.2) is 4.79 Å². The van der Waals surface area contributed by atoms with Gasteiger partial charge in [0.2, 0.25) is 5.91 Å². The number of carbonyl (C=O) groups excluding carboxylic acids is 2. The number of nitriles is 1. The number of benzene rings is 2. The van der Waals surface area contributed by atoms with Crippen molar-refractivity contribution < 1.29 is 42.1 Å². The summed E-state index contributed by atoms with van der Waals surface area (Å²) in [6, 6.07) is 11.8. The fraction of sp³-hybridized carbons (Fsp3) is 0.414. The molecule has 2 aromatic rings. The third-order valence-corrected chi connectivity index (χ3v) is 6.95. The Morgan fingerprint density at radius 2 is 1.72 bits per heavy atom. The highest BCUT2D eigenvalue weighted by atomic mass is 32.1. The van der Waals surface area contributed by atoms with Crippen molar-refractivity contribution in [1.29, 1.82) is 5.26 Å². The molecule has 0 bridgehead atoms. The van der Waals surface area contributed by atoms with Crippen molar-refractivity contribution in [2.24, 2.45) is 0 Å². The van der Waals surface area contributed by atoms with Crippen LogP contribution in [-0.2, 0) is 36.5 Å². The second-order valence-corrected chi connectivity index (χ2v) is 10.5. The number of carboxylic acids is 1. The van der Waals surface area contributed by atoms with Crippen LogP contribution in [0.2, 0.25) is 0 Å². The van der Waals surface area contributed by atoms with Crippen molar-refractivity contribution in [1.82, 2.24) is 5.32 Å². The van der Waals surface area contributed by atoms with E-state index in [0.717, 1.165) is 22.6 Å². The van der Waals surface area contributed by atoms with Crippen molar-refractivity contribution >= 4 is 46.5 Å². The highest BCUT2D eigenvalue weighted by Crippen LogP contribution is 2.39. The topological polar surface area (TPSA) is 132 Å². The number of carbonyl (C=O) groups is 3. The minimum atomic E-state index is -4.78. The van der Waals surface area contributed by atoms with Crippen molar-refractivity contribution in [2.45, 2.75) is 44.8 Å². The summed E-state index contributed by atoms with van der Waals surface area (Å²) in [7, 11) is 0. The smallest absolute Gasteiger partial charge is 0.417 e. The normalized spacial score (nSPS) is 14.6. The average molecular weight is 621 g/mol. The van der Waals surface area contributed by atoms with Crippen molar-refractivity contribution in [3.8, 4) is 6.07 Å². The Bertz CT molecular complexity index is 1390. The number of aliphatic carboxylic acids is 1. The molecule has 230 valence electrons. The van der Waals surface area contributed by atoms with Crippen LogP contribution in [0.3, 0.4) is 0 Å². The molecule has 0 atom stereocenters. The SMILES string of the molecule is CC1(C)C(=O)N(c2ccc(C#N)c(C(F)(F)F)c2)C(=S)N1c1ccc(CCCC(=O)NCCOCCOCC(=O)O)cc1. The second-order valence-electron chi connectivity index (χ2n) is 10.1. The first-order valence-corrected chi connectivity index (χ1v) is 13.7. The average Bonchev–Trinajstić information content (AvgIpc) is 3.12. The van der Waals surface area contributed by atoms with E-state index in [0.29, 0.717) is 31.5 Å². The number of rotatable bonds is 14. The molecule has 0 aromatic heterocycles. The number of aryl methyl sites for hydroxylation is 1. The van der Waals surface area contributed by atoms with Crippen LogP contribution in [0.4, 0.5) is 24.5 Å². The first-order chi connectivity index (χ1) is 20.3. The first-order valence-electron chi connectivity index (χ1n) is 13.3. The van der Waals surface area contributed by atoms with E-state index in [1.54, 1.807) is 30.9 Å². The molecule has 43 heavy (non-hydrogen) atoms. The highest BCUT2D eigenvalue weighted by Gasteiger charge is 2.50. The summed E-state index contributed by atoms with van der Waals surface area (Å²) in [4.78, 5) is 38.4. The second kappa shape index (κ2) is 14.4. The summed E-state index contributed by atoms with van der Waals surface area (Å²) < 4.78 is 50.8. The molecule has 2 amide bonds. The summed E-state index contributed by atoms with van der Waals surface area (Å²) in [6.07, 6.45) is -3.31. The Hall–Kier alpha value is -4.06. The molecule has 1 heterocycles. The van der Waals surface area contributed by atoms with Gasteiger partial charge in [-0.05, 0) is 74.8 Å². The summed E-state index contributed by atoms with van der Waals surface area (Å²) in [5.74, 6) is -1.70. The molecule has 14 heteroatoms. The summed E-state index contributed by atoms with van der Waals surface area (Å²) in [5, 5.41) is 20.3. The van der Waals surface area contributed by atoms with Gasteiger partial charge < -0.3 is 24.8 Å². The molecule has 0 saturated carbocycles. The molecule has 0 aliphatic carbocycles. The molecular weight excluding hydrogens is 589 g/mol. The van der Waals surface area contributed by atoms with E-state index < -0.39 is 34.7 Å². The van der Waals surface area contributed by atoms with Gasteiger partial charge in [0.15, 0.2) is 5.11 Å². The number of hydrogen-bond donors (Lipinski definition) is 2. The maximum atomic E-state index is 13.6. The molecular formula is C29H31F3N4O6S. The zero-order valence-electron chi connectivity index (χ0n) is 23.6. The van der Waals surface area contributed by atoms with Crippen molar-refractivity contribution in [3.63, 3.8) is 0 Å². The van der Waals surface area contributed by atoms with Gasteiger partial charge in [0.05, 0.1) is 42.7 Å². The number of amides is 2. The Morgan fingerprint density at radius 1 is 1.07 bits per heavy atom. The van der Waals surface area contributed by atoms with E-state index in [9.17, 15) is 27.6 Å². The Morgan fingerprint density at radius 3 is 2.35 bits per heavy atom. The van der Waals surface area contributed by atoms with Crippen LogP contribution in [0.25, 0.3) is 0 Å². The third kappa shape index (κ3) is 8.50. The fourth-order valence-corrected chi connectivity index (χ4v) is 4.98. The lowest BCUT2D eigenvalue weighted by atomic mass is 10.0. The lowest BCUT2D eigenvalue weighted by molar-refractivity contribution is -0.142. The maximum absolute atomic E-state index is 13.6. The van der Waals surface area contributed by atoms with E-state index in [1.807, 2.05) is 12.1 Å². The van der Waals surface area contributed by atoms with Crippen molar-refractivity contribution in [3.05, 3.63) is 59.2 Å². The van der Waals surface area contributed by atoms with Gasteiger partial charge in [0.1, 0.15) is 12.1 Å². The minimum Gasteiger partial charge on any atom is -0.480 e. The summed E-state index contributed by atoms with van der Waals surface area (Å²) in [5.41, 5.74) is -1.46. The predicted molar refractivity (Wildman–Crippen MR) is 154 cm³/mol. The molecule has 10 nitrogen and oxygen atoms in total. The Balaban J connectivity index is 1.55. The van der Waals surface area contributed by atoms with Crippen LogP contribution in [0.1, 0.15) is 43.4 Å². The largest absolute Gasteiger partial charge is 0.480 e. The Kier molecular flexibility index (Phi) is 11.2. The standard InChI is InChI=1S/C29H31F3N4O6S/c1-28(2)26(40)35(22-11-8-20(17-33)23(16-22)29(30,31)32)27(43)36(28)21-9-6-19(7-10-21)4-3-5-24(37)34-12-13-41-14-15-42-18-25(38)39/h6-11,16H,3-5,12-15,18H2,1-2H3,(H,34,37)(H,38,39). The van der Waals surface area contributed by atoms with E-state index >= 15 is 0 Å². The molecule has 0 unspecified atom stereocenters. The maximum Gasteiger partial charge on any atom is 0.417 e. The van der Waals surface area contributed by atoms with Crippen LogP contribution < -0.4 is 15.1 Å². The quantitative estimate of drug-likeness (QED) is 0.237. The lowest BCUT2D eigenvalue weighted by Crippen LogP contribution is -2.44. The van der Waals surface area contributed by atoms with E-state index in [4.69, 9.17) is 32.1 Å². The Labute approximate surface area is 252 Å². The highest BCUT2D eigenvalue weighted by molar-refractivity contribution is 7.81. The molecule has 0 radical (unpaired) electrons. The molecule has 3 rings (SSSR count). The number of nitrogens with zero attached hydrogens (tertiary/aromatic N) is 3. The van der Waals surface area contributed by atoms with Crippen LogP contribution in [0.15, 0.2) is 42.5 Å². The van der Waals surface area contributed by atoms with Gasteiger partial charge in [-0.2, -0.15) is 18.4 Å². The van der Waals surface area contributed by atoms with E-state index in [-0.39, 0.29) is 43.1 Å². The summed E-state index contributed by atoms with van der Waals surface area (Å²) in [6.45, 7) is 3.82. The number of halogens is 3. The van der Waals surface area contributed by atoms with E-state index in [1.165, 1.54) is 12.1 Å². The van der Waals surface area contributed by atoms with Gasteiger partial charge in [-0.1, -0.05) is 12.1 Å². The van der Waals surface area contributed by atoms with Gasteiger partial charge >= 0.3 is 12.1 Å². The third-order valence-electron chi connectivity index (χ3n) is 6.59. The molecule has 1 saturated heterocycles. The van der Waals surface area contributed by atoms with Crippen LogP contribution in [-0.4, -0.2) is 66.5 Å². The molecule has 2 N–H and O–H groups in total. The monoisotopic (exact) mass is 620 g/mol. The van der Waals surface area contributed by atoms with Crippen LogP contribution in [0, 0.1) is 11.3 Å². The number of hydrogen-bond acceptors (Lipinski definition) is 7. The van der Waals surface area contributed by atoms with Crippen LogP contribution in [0.5, 0.6) is 0 Å². The van der Waals surface area contributed by atoms with Gasteiger partial charge in [0, 0.05) is 18.7 Å². The van der Waals surface area contributed by atoms with Gasteiger partial charge in [-0.3, -0.25) is 14.5 Å². The number of carboxylic acid groups (broad SMARTS) is 1. The predicted octanol–water partition coefficient (Wildman–Crippen LogP) is 4.05.